The van der Waals surface area contributed by atoms with Gasteiger partial charge in [-0.3, -0.25) is 4.55 Å². The molecule has 22 heavy (non-hydrogen) atoms. The van der Waals surface area contributed by atoms with Crippen molar-refractivity contribution in [1.82, 2.24) is 0 Å². The van der Waals surface area contributed by atoms with Gasteiger partial charge < -0.3 is 15.3 Å². The minimum Gasteiger partial charge on any atom is -0.508 e. The maximum absolute atomic E-state index is 10.9. The summed E-state index contributed by atoms with van der Waals surface area (Å²) in [7, 11) is -4.28. The van der Waals surface area contributed by atoms with E-state index in [1.807, 2.05) is 0 Å². The van der Waals surface area contributed by atoms with Gasteiger partial charge in [0, 0.05) is 12.1 Å². The van der Waals surface area contributed by atoms with Crippen LogP contribution in [0.15, 0.2) is 51.5 Å². The summed E-state index contributed by atoms with van der Waals surface area (Å²) in [6.07, 6.45) is 0. The van der Waals surface area contributed by atoms with Crippen molar-refractivity contribution >= 4 is 21.5 Å². The van der Waals surface area contributed by atoms with E-state index in [1.54, 1.807) is 0 Å². The molecule has 0 atom stereocenters. The van der Waals surface area contributed by atoms with Crippen LogP contribution < -0.4 is 29.6 Å². The summed E-state index contributed by atoms with van der Waals surface area (Å²) in [4.78, 5) is -0.295. The molecule has 4 N–H and O–H groups in total. The number of nitrogens with zero attached hydrogens (tertiary/aromatic N) is 2. The predicted octanol–water partition coefficient (Wildman–Crippen LogP) is -0.530. The number of hydrogen-bond acceptors (Lipinski definition) is 7. The van der Waals surface area contributed by atoms with E-state index in [-0.39, 0.29) is 51.6 Å². The number of benzene rings is 2. The van der Waals surface area contributed by atoms with Gasteiger partial charge in [0.1, 0.15) is 5.75 Å². The first-order chi connectivity index (χ1) is 9.77. The molecule has 0 saturated carbocycles. The molecule has 0 bridgehead atoms. The fraction of sp³-hybridized carbons (Fsp3) is 0. The Labute approximate surface area is 147 Å². The second kappa shape index (κ2) is 7.07. The molecule has 2 aromatic carbocycles. The molecule has 110 valence electrons. The largest absolute Gasteiger partial charge is 1.00 e. The van der Waals surface area contributed by atoms with E-state index in [9.17, 15) is 18.6 Å². The van der Waals surface area contributed by atoms with Gasteiger partial charge in [0.15, 0.2) is 17.2 Å². The van der Waals surface area contributed by atoms with Gasteiger partial charge in [-0.25, -0.2) is 0 Å². The summed E-state index contributed by atoms with van der Waals surface area (Å²) in [5.41, 5.74) is -0.0130. The van der Waals surface area contributed by atoms with Crippen LogP contribution >= 0.6 is 0 Å². The first-order valence-corrected chi connectivity index (χ1v) is 6.95. The van der Waals surface area contributed by atoms with Crippen LogP contribution in [0, 0.1) is 0 Å². The van der Waals surface area contributed by atoms with Crippen LogP contribution in [0.2, 0.25) is 0 Å². The van der Waals surface area contributed by atoms with Crippen molar-refractivity contribution in [1.29, 1.82) is 0 Å². The minimum absolute atomic E-state index is 0. The Balaban J connectivity index is 0.00000242. The van der Waals surface area contributed by atoms with Gasteiger partial charge in [0.05, 0.1) is 10.6 Å². The van der Waals surface area contributed by atoms with Crippen molar-refractivity contribution in [3.8, 4) is 17.2 Å². The monoisotopic (exact) mass is 333 g/mol. The molecule has 0 aliphatic rings. The van der Waals surface area contributed by atoms with Crippen molar-refractivity contribution in [3.63, 3.8) is 0 Å². The molecular weight excluding hydrogens is 323 g/mol. The Morgan fingerprint density at radius 2 is 1.36 bits per heavy atom. The zero-order chi connectivity index (χ0) is 15.6. The van der Waals surface area contributed by atoms with Crippen LogP contribution in [0.25, 0.3) is 0 Å². The molecule has 0 unspecified atom stereocenters. The summed E-state index contributed by atoms with van der Waals surface area (Å²) >= 11 is 0. The van der Waals surface area contributed by atoms with E-state index < -0.39 is 21.6 Å². The second-order valence-corrected chi connectivity index (χ2v) is 5.42. The first-order valence-electron chi connectivity index (χ1n) is 5.51. The summed E-state index contributed by atoms with van der Waals surface area (Å²) < 4.78 is 30.5. The Morgan fingerprint density at radius 3 is 1.82 bits per heavy atom. The molecule has 0 radical (unpaired) electrons. The van der Waals surface area contributed by atoms with Crippen molar-refractivity contribution in [2.24, 2.45) is 10.2 Å². The number of phenolic OH excluding ortho intramolecular Hbond substituents is 3. The van der Waals surface area contributed by atoms with Crippen molar-refractivity contribution in [2.45, 2.75) is 4.90 Å². The zero-order valence-electron chi connectivity index (χ0n) is 11.4. The molecule has 10 heteroatoms. The number of aromatic hydroxyl groups is 3. The smallest absolute Gasteiger partial charge is 0.508 e. The van der Waals surface area contributed by atoms with Gasteiger partial charge >= 0.3 is 29.6 Å². The van der Waals surface area contributed by atoms with E-state index in [0.717, 1.165) is 24.3 Å². The van der Waals surface area contributed by atoms with Gasteiger partial charge in [0.2, 0.25) is 0 Å². The first kappa shape index (κ1) is 18.4. The Kier molecular flexibility index (Phi) is 5.92. The molecule has 8 nitrogen and oxygen atoms in total. The van der Waals surface area contributed by atoms with Crippen LogP contribution in [0.3, 0.4) is 0 Å². The average Bonchev–Trinajstić information content (AvgIpc) is 2.37. The standard InChI is InChI=1S/C12H10N2O6S.Na/c15-8-5-10(16)12(11(17)6-8)14-13-7-1-3-9(4-2-7)21(18,19)20;/h1-6,15-17H,(H,18,19,20);/q;+1. The zero-order valence-corrected chi connectivity index (χ0v) is 14.2. The van der Waals surface area contributed by atoms with Crippen LogP contribution in [0.5, 0.6) is 17.2 Å². The maximum Gasteiger partial charge on any atom is 1.00 e. The van der Waals surface area contributed by atoms with Crippen molar-refractivity contribution in [2.75, 3.05) is 0 Å². The molecule has 0 aliphatic heterocycles. The van der Waals surface area contributed by atoms with E-state index in [1.165, 1.54) is 12.1 Å². The van der Waals surface area contributed by atoms with Gasteiger partial charge in [0.25, 0.3) is 10.1 Å². The number of phenols is 3. The molecule has 0 heterocycles. The fourth-order valence-corrected chi connectivity index (χ4v) is 1.96. The van der Waals surface area contributed by atoms with E-state index in [0.29, 0.717) is 0 Å². The molecule has 0 spiro atoms. The van der Waals surface area contributed by atoms with Gasteiger partial charge in [-0.2, -0.15) is 13.5 Å². The molecule has 0 aliphatic carbocycles. The molecule has 2 rings (SSSR count). The molecule has 2 aromatic rings. The number of azo groups is 1. The maximum atomic E-state index is 10.9. The Hall–Kier alpha value is -1.65. The summed E-state index contributed by atoms with van der Waals surface area (Å²) in [6, 6.07) is 6.77. The van der Waals surface area contributed by atoms with Crippen LogP contribution in [0.1, 0.15) is 0 Å². The van der Waals surface area contributed by atoms with E-state index in [4.69, 9.17) is 9.66 Å². The average molecular weight is 333 g/mol. The second-order valence-electron chi connectivity index (χ2n) is 4.00. The predicted molar refractivity (Wildman–Crippen MR) is 71.9 cm³/mol. The van der Waals surface area contributed by atoms with E-state index >= 15 is 0 Å². The minimum atomic E-state index is -4.28. The summed E-state index contributed by atoms with van der Waals surface area (Å²) in [5, 5.41) is 35.5. The van der Waals surface area contributed by atoms with Crippen LogP contribution in [0.4, 0.5) is 11.4 Å². The quantitative estimate of drug-likeness (QED) is 0.338. The Morgan fingerprint density at radius 1 is 0.864 bits per heavy atom. The van der Waals surface area contributed by atoms with Crippen LogP contribution in [-0.4, -0.2) is 28.3 Å². The Bertz CT molecular complexity index is 782. The molecular formula is C12H10N2NaO6S+. The normalized spacial score (nSPS) is 11.3. The summed E-state index contributed by atoms with van der Waals surface area (Å²) in [6.45, 7) is 0. The third-order valence-electron chi connectivity index (χ3n) is 2.45. The van der Waals surface area contributed by atoms with Gasteiger partial charge in [-0.1, -0.05) is 0 Å². The molecule has 0 amide bonds. The van der Waals surface area contributed by atoms with Gasteiger partial charge in [-0.05, 0) is 24.3 Å². The van der Waals surface area contributed by atoms with Crippen molar-refractivity contribution < 1.29 is 57.8 Å². The molecule has 0 fully saturated rings. The van der Waals surface area contributed by atoms with Crippen LogP contribution in [-0.2, 0) is 10.1 Å². The van der Waals surface area contributed by atoms with Gasteiger partial charge in [-0.15, -0.1) is 5.11 Å². The number of rotatable bonds is 3. The van der Waals surface area contributed by atoms with E-state index in [2.05, 4.69) is 10.2 Å². The molecule has 0 saturated heterocycles. The summed E-state index contributed by atoms with van der Waals surface area (Å²) in [5.74, 6) is -1.27. The molecule has 0 aromatic heterocycles. The fourth-order valence-electron chi connectivity index (χ4n) is 1.48. The third kappa shape index (κ3) is 4.42. The number of hydrogen-bond donors (Lipinski definition) is 4. The third-order valence-corrected chi connectivity index (χ3v) is 3.32. The SMILES string of the molecule is O=S(=O)(O)c1ccc(N=Nc2c(O)cc(O)cc2O)cc1.[Na+]. The topological polar surface area (TPSA) is 140 Å². The van der Waals surface area contributed by atoms with Crippen molar-refractivity contribution in [3.05, 3.63) is 36.4 Å².